The molecule has 0 fully saturated rings. The predicted octanol–water partition coefficient (Wildman–Crippen LogP) is 3.63. The predicted molar refractivity (Wildman–Crippen MR) is 92.5 cm³/mol. The molecule has 22 heavy (non-hydrogen) atoms. The Morgan fingerprint density at radius 3 is 2.68 bits per heavy atom. The van der Waals surface area contributed by atoms with E-state index in [-0.39, 0.29) is 0 Å². The summed E-state index contributed by atoms with van der Waals surface area (Å²) in [4.78, 5) is 4.38. The van der Waals surface area contributed by atoms with Crippen LogP contribution in [0.5, 0.6) is 5.75 Å². The van der Waals surface area contributed by atoms with Gasteiger partial charge in [0.15, 0.2) is 5.96 Å². The van der Waals surface area contributed by atoms with Gasteiger partial charge in [-0.1, -0.05) is 24.3 Å². The highest BCUT2D eigenvalue weighted by Gasteiger charge is 2.01. The molecule has 0 aromatic heterocycles. The Labute approximate surface area is 132 Å². The van der Waals surface area contributed by atoms with Crippen molar-refractivity contribution in [1.82, 2.24) is 0 Å². The number of hydrogen-bond donors (Lipinski definition) is 2. The molecule has 0 atom stereocenters. The average Bonchev–Trinajstić information content (AvgIpc) is 2.48. The smallest absolute Gasteiger partial charge is 0.193 e. The zero-order valence-corrected chi connectivity index (χ0v) is 13.4. The van der Waals surface area contributed by atoms with Crippen LogP contribution in [-0.2, 0) is 6.54 Å². The molecule has 0 spiro atoms. The topological polar surface area (TPSA) is 59.6 Å². The number of ether oxygens (including phenoxy) is 1. The van der Waals surface area contributed by atoms with Crippen LogP contribution in [0.15, 0.2) is 47.5 Å². The minimum atomic E-state index is 0.414. The summed E-state index contributed by atoms with van der Waals surface area (Å²) < 4.78 is 5.53. The van der Waals surface area contributed by atoms with Crippen LogP contribution in [0.4, 0.5) is 5.69 Å². The van der Waals surface area contributed by atoms with E-state index in [2.05, 4.69) is 16.4 Å². The largest absolute Gasteiger partial charge is 0.494 e. The Hall–Kier alpha value is -2.49. The molecule has 0 radical (unpaired) electrons. The minimum Gasteiger partial charge on any atom is -0.494 e. The van der Waals surface area contributed by atoms with Crippen LogP contribution >= 0.6 is 0 Å². The van der Waals surface area contributed by atoms with Crippen LogP contribution in [0, 0.1) is 13.8 Å². The second-order valence-corrected chi connectivity index (χ2v) is 5.23. The Bertz CT molecular complexity index is 665. The van der Waals surface area contributed by atoms with Gasteiger partial charge in [-0.25, -0.2) is 4.99 Å². The molecule has 0 amide bonds. The summed E-state index contributed by atoms with van der Waals surface area (Å²) in [5, 5.41) is 3.10. The van der Waals surface area contributed by atoms with E-state index in [1.165, 1.54) is 5.56 Å². The lowest BCUT2D eigenvalue weighted by Crippen LogP contribution is -2.22. The van der Waals surface area contributed by atoms with Crippen molar-refractivity contribution in [3.8, 4) is 5.75 Å². The molecule has 0 saturated carbocycles. The Balaban J connectivity index is 2.00. The van der Waals surface area contributed by atoms with Gasteiger partial charge in [0, 0.05) is 5.69 Å². The molecular weight excluding hydrogens is 274 g/mol. The fourth-order valence-electron chi connectivity index (χ4n) is 2.21. The number of nitrogens with zero attached hydrogens (tertiary/aromatic N) is 1. The van der Waals surface area contributed by atoms with E-state index >= 15 is 0 Å². The van der Waals surface area contributed by atoms with Crippen molar-refractivity contribution >= 4 is 11.6 Å². The molecule has 0 aliphatic rings. The van der Waals surface area contributed by atoms with Crippen LogP contribution in [0.3, 0.4) is 0 Å². The van der Waals surface area contributed by atoms with Gasteiger partial charge in [-0.05, 0) is 55.7 Å². The minimum absolute atomic E-state index is 0.414. The zero-order chi connectivity index (χ0) is 15.9. The maximum atomic E-state index is 5.93. The molecule has 2 rings (SSSR count). The summed E-state index contributed by atoms with van der Waals surface area (Å²) in [6.45, 7) is 7.27. The number of nitrogens with two attached hydrogens (primary N) is 1. The van der Waals surface area contributed by atoms with Crippen molar-refractivity contribution in [1.29, 1.82) is 0 Å². The molecule has 2 aromatic rings. The molecule has 0 heterocycles. The lowest BCUT2D eigenvalue weighted by atomic mass is 10.1. The lowest BCUT2D eigenvalue weighted by molar-refractivity contribution is 0.338. The number of rotatable bonds is 5. The third-order valence-electron chi connectivity index (χ3n) is 3.26. The number of benzene rings is 2. The fraction of sp³-hybridized carbons (Fsp3) is 0.278. The van der Waals surface area contributed by atoms with E-state index in [0.717, 1.165) is 22.6 Å². The van der Waals surface area contributed by atoms with E-state index in [0.29, 0.717) is 19.1 Å². The number of guanidine groups is 1. The maximum absolute atomic E-state index is 5.93. The monoisotopic (exact) mass is 297 g/mol. The summed E-state index contributed by atoms with van der Waals surface area (Å²) in [7, 11) is 0. The number of hydrogen-bond acceptors (Lipinski definition) is 2. The van der Waals surface area contributed by atoms with Crippen LogP contribution in [0.25, 0.3) is 0 Å². The van der Waals surface area contributed by atoms with E-state index < -0.39 is 0 Å². The van der Waals surface area contributed by atoms with Crippen LogP contribution in [0.1, 0.15) is 23.6 Å². The van der Waals surface area contributed by atoms with Crippen LogP contribution < -0.4 is 15.8 Å². The van der Waals surface area contributed by atoms with Gasteiger partial charge in [-0.15, -0.1) is 0 Å². The molecule has 0 saturated heterocycles. The second-order valence-electron chi connectivity index (χ2n) is 5.23. The van der Waals surface area contributed by atoms with Crippen molar-refractivity contribution < 1.29 is 4.74 Å². The highest BCUT2D eigenvalue weighted by atomic mass is 16.5. The highest BCUT2D eigenvalue weighted by Crippen LogP contribution is 2.19. The van der Waals surface area contributed by atoms with Gasteiger partial charge < -0.3 is 15.8 Å². The van der Waals surface area contributed by atoms with E-state index in [9.17, 15) is 0 Å². The third-order valence-corrected chi connectivity index (χ3v) is 3.26. The third kappa shape index (κ3) is 4.52. The lowest BCUT2D eigenvalue weighted by Gasteiger charge is -2.09. The number of nitrogens with one attached hydrogen (secondary N) is 1. The summed E-state index contributed by atoms with van der Waals surface area (Å²) in [6, 6.07) is 14.1. The molecule has 116 valence electrons. The van der Waals surface area contributed by atoms with E-state index in [1.807, 2.05) is 57.2 Å². The first-order valence-corrected chi connectivity index (χ1v) is 7.44. The number of aliphatic imine (C=N–C) groups is 1. The van der Waals surface area contributed by atoms with Crippen LogP contribution in [0.2, 0.25) is 0 Å². The van der Waals surface area contributed by atoms with Gasteiger partial charge in [-0.3, -0.25) is 0 Å². The first-order valence-electron chi connectivity index (χ1n) is 7.44. The van der Waals surface area contributed by atoms with E-state index in [1.54, 1.807) is 0 Å². The Morgan fingerprint density at radius 1 is 1.18 bits per heavy atom. The normalized spacial score (nSPS) is 11.3. The SMILES string of the molecule is CCOc1ccc(CN=C(N)Nc2cccc(C)c2)cc1C. The molecule has 2 aromatic carbocycles. The zero-order valence-electron chi connectivity index (χ0n) is 13.4. The van der Waals surface area contributed by atoms with Gasteiger partial charge in [0.1, 0.15) is 5.75 Å². The molecule has 0 aliphatic carbocycles. The van der Waals surface area contributed by atoms with Gasteiger partial charge in [0.05, 0.1) is 13.2 Å². The fourth-order valence-corrected chi connectivity index (χ4v) is 2.21. The van der Waals surface area contributed by atoms with Crippen molar-refractivity contribution in [3.63, 3.8) is 0 Å². The average molecular weight is 297 g/mol. The molecule has 4 heteroatoms. The van der Waals surface area contributed by atoms with Crippen molar-refractivity contribution in [2.45, 2.75) is 27.3 Å². The number of aryl methyl sites for hydroxylation is 2. The van der Waals surface area contributed by atoms with Crippen molar-refractivity contribution in [3.05, 3.63) is 59.2 Å². The van der Waals surface area contributed by atoms with Gasteiger partial charge in [-0.2, -0.15) is 0 Å². The highest BCUT2D eigenvalue weighted by molar-refractivity contribution is 5.92. The number of anilines is 1. The first kappa shape index (κ1) is 15.9. The quantitative estimate of drug-likeness (QED) is 0.654. The van der Waals surface area contributed by atoms with Crippen LogP contribution in [-0.4, -0.2) is 12.6 Å². The molecule has 3 N–H and O–H groups in total. The Kier molecular flexibility index (Phi) is 5.42. The van der Waals surface area contributed by atoms with Gasteiger partial charge >= 0.3 is 0 Å². The van der Waals surface area contributed by atoms with Crippen molar-refractivity contribution in [2.24, 2.45) is 10.7 Å². The standard InChI is InChI=1S/C18H23N3O/c1-4-22-17-9-8-15(11-14(17)3)12-20-18(19)21-16-7-5-6-13(2)10-16/h5-11H,4,12H2,1-3H3,(H3,19,20,21). The summed E-state index contributed by atoms with van der Waals surface area (Å²) in [6.07, 6.45) is 0. The van der Waals surface area contributed by atoms with Gasteiger partial charge in [0.25, 0.3) is 0 Å². The Morgan fingerprint density at radius 2 is 2.00 bits per heavy atom. The summed E-state index contributed by atoms with van der Waals surface area (Å²) in [5.41, 5.74) is 10.3. The first-order chi connectivity index (χ1) is 10.6. The van der Waals surface area contributed by atoms with Gasteiger partial charge in [0.2, 0.25) is 0 Å². The van der Waals surface area contributed by atoms with Crippen molar-refractivity contribution in [2.75, 3.05) is 11.9 Å². The maximum Gasteiger partial charge on any atom is 0.193 e. The summed E-state index contributed by atoms with van der Waals surface area (Å²) >= 11 is 0. The molecule has 4 nitrogen and oxygen atoms in total. The molecular formula is C18H23N3O. The summed E-state index contributed by atoms with van der Waals surface area (Å²) in [5.74, 6) is 1.33. The molecule has 0 unspecified atom stereocenters. The van der Waals surface area contributed by atoms with E-state index in [4.69, 9.17) is 10.5 Å². The molecule has 0 bridgehead atoms. The second kappa shape index (κ2) is 7.50. The molecule has 0 aliphatic heterocycles.